The predicted octanol–water partition coefficient (Wildman–Crippen LogP) is 3.36. The van der Waals surface area contributed by atoms with Gasteiger partial charge < -0.3 is 20.8 Å². The van der Waals surface area contributed by atoms with Crippen LogP contribution in [-0.2, 0) is 25.8 Å². The fourth-order valence-corrected chi connectivity index (χ4v) is 6.59. The summed E-state index contributed by atoms with van der Waals surface area (Å²) in [6.45, 7) is 2.68. The van der Waals surface area contributed by atoms with Gasteiger partial charge in [0.15, 0.2) is 5.65 Å². The van der Waals surface area contributed by atoms with Gasteiger partial charge in [0, 0.05) is 49.3 Å². The molecular weight excluding hydrogens is 510 g/mol. The zero-order chi connectivity index (χ0) is 27.7. The Balaban J connectivity index is 1.32. The molecule has 1 aliphatic heterocycles. The maximum absolute atomic E-state index is 13.8. The van der Waals surface area contributed by atoms with Crippen molar-refractivity contribution in [3.8, 4) is 0 Å². The molecule has 2 aromatic rings. The molecule has 11 heteroatoms. The Morgan fingerprint density at radius 1 is 0.950 bits per heavy atom. The summed E-state index contributed by atoms with van der Waals surface area (Å²) in [5.41, 5.74) is 0.955. The van der Waals surface area contributed by atoms with Gasteiger partial charge in [-0.1, -0.05) is 30.8 Å². The van der Waals surface area contributed by atoms with Gasteiger partial charge in [-0.05, 0) is 45.4 Å². The van der Waals surface area contributed by atoms with Crippen LogP contribution in [-0.4, -0.2) is 61.8 Å². The van der Waals surface area contributed by atoms with Gasteiger partial charge in [0.1, 0.15) is 5.78 Å². The van der Waals surface area contributed by atoms with Crippen LogP contribution >= 0.6 is 0 Å². The molecule has 0 bridgehead atoms. The molecule has 214 valence electrons. The largest absolute Gasteiger partial charge is 0.381 e. The van der Waals surface area contributed by atoms with E-state index in [1.165, 1.54) is 0 Å². The summed E-state index contributed by atoms with van der Waals surface area (Å²) in [6, 6.07) is 0.192. The van der Waals surface area contributed by atoms with E-state index in [0.29, 0.717) is 30.7 Å². The number of Topliss-reactive ketones (excluding diaryl/α,β-unsaturated/α-hetero) is 1. The highest BCUT2D eigenvalue weighted by atomic mass is 16.7. The molecule has 3 heterocycles. The SMILES string of the molecule is CCn1ncc2c(NC3CCC(=O)CC3)c(C3=NOC(C(=O)NC4CCCC4)(C(=O)NC4CCCC4)C3)cnc21. The third kappa shape index (κ3) is 5.06. The van der Waals surface area contributed by atoms with Crippen LogP contribution in [0.15, 0.2) is 17.5 Å². The fraction of sp³-hybridized carbons (Fsp3) is 0.655. The Labute approximate surface area is 233 Å². The van der Waals surface area contributed by atoms with E-state index in [1.54, 1.807) is 12.4 Å². The molecule has 3 saturated carbocycles. The van der Waals surface area contributed by atoms with E-state index < -0.39 is 17.4 Å². The van der Waals surface area contributed by atoms with Gasteiger partial charge in [0.2, 0.25) is 0 Å². The maximum Gasteiger partial charge on any atom is 0.297 e. The van der Waals surface area contributed by atoms with Crippen molar-refractivity contribution in [1.82, 2.24) is 25.4 Å². The monoisotopic (exact) mass is 549 g/mol. The number of nitrogens with one attached hydrogen (secondary N) is 3. The molecule has 4 aliphatic rings. The number of fused-ring (bicyclic) bond motifs is 1. The molecule has 6 rings (SSSR count). The highest BCUT2D eigenvalue weighted by molar-refractivity contribution is 6.18. The lowest BCUT2D eigenvalue weighted by atomic mass is 9.90. The van der Waals surface area contributed by atoms with Crippen molar-refractivity contribution in [1.29, 1.82) is 0 Å². The molecule has 3 aliphatic carbocycles. The molecule has 2 amide bonds. The molecule has 2 aromatic heterocycles. The number of hydrogen-bond acceptors (Lipinski definition) is 8. The topological polar surface area (TPSA) is 140 Å². The molecule has 0 aromatic carbocycles. The highest BCUT2D eigenvalue weighted by Crippen LogP contribution is 2.36. The Bertz CT molecular complexity index is 1280. The quantitative estimate of drug-likeness (QED) is 0.429. The maximum atomic E-state index is 13.8. The minimum Gasteiger partial charge on any atom is -0.381 e. The predicted molar refractivity (Wildman–Crippen MR) is 150 cm³/mol. The Kier molecular flexibility index (Phi) is 7.46. The zero-order valence-electron chi connectivity index (χ0n) is 23.2. The van der Waals surface area contributed by atoms with Gasteiger partial charge in [-0.15, -0.1) is 0 Å². The summed E-state index contributed by atoms with van der Waals surface area (Å²) in [6.07, 6.45) is 14.0. The number of anilines is 1. The summed E-state index contributed by atoms with van der Waals surface area (Å²) in [4.78, 5) is 50.0. The number of aryl methyl sites for hydroxylation is 1. The highest BCUT2D eigenvalue weighted by Gasteiger charge is 2.55. The molecular formula is C29H39N7O4. The number of carbonyl (C=O) groups is 3. The zero-order valence-corrected chi connectivity index (χ0v) is 23.2. The van der Waals surface area contributed by atoms with Gasteiger partial charge in [-0.2, -0.15) is 5.10 Å². The van der Waals surface area contributed by atoms with Crippen LogP contribution in [0.1, 0.15) is 96.0 Å². The summed E-state index contributed by atoms with van der Waals surface area (Å²) in [5.74, 6) is -0.569. The van der Waals surface area contributed by atoms with Crippen LogP contribution in [0.5, 0.6) is 0 Å². The van der Waals surface area contributed by atoms with E-state index in [1.807, 2.05) is 11.6 Å². The standard InChI is InChI=1S/C29H39N7O4/c1-2-36-26-23(17-31-36)25(32-20-11-13-21(37)14-12-20)22(16-30-26)24-15-29(40-35-24,27(38)33-18-7-3-4-8-18)28(39)34-19-9-5-6-10-19/h16-20H,2-15H2,1H3,(H,30,32)(H,33,38)(H,34,39). The van der Waals surface area contributed by atoms with E-state index in [4.69, 9.17) is 9.82 Å². The van der Waals surface area contributed by atoms with E-state index in [2.05, 4.69) is 26.2 Å². The number of carbonyl (C=O) groups excluding carboxylic acids is 3. The van der Waals surface area contributed by atoms with E-state index in [0.717, 1.165) is 80.9 Å². The van der Waals surface area contributed by atoms with Crippen molar-refractivity contribution < 1.29 is 19.2 Å². The van der Waals surface area contributed by atoms with Gasteiger partial charge >= 0.3 is 0 Å². The molecule has 0 atom stereocenters. The minimum absolute atomic E-state index is 0.0110. The van der Waals surface area contributed by atoms with Crippen molar-refractivity contribution in [3.05, 3.63) is 18.0 Å². The van der Waals surface area contributed by atoms with E-state index in [-0.39, 0.29) is 30.3 Å². The second-order valence-corrected chi connectivity index (χ2v) is 11.7. The Morgan fingerprint density at radius 3 is 2.17 bits per heavy atom. The van der Waals surface area contributed by atoms with Gasteiger partial charge in [-0.3, -0.25) is 14.4 Å². The smallest absolute Gasteiger partial charge is 0.297 e. The lowest BCUT2D eigenvalue weighted by Crippen LogP contribution is -2.60. The first-order valence-corrected chi connectivity index (χ1v) is 15.0. The molecule has 3 fully saturated rings. The number of aromatic nitrogens is 3. The summed E-state index contributed by atoms with van der Waals surface area (Å²) < 4.78 is 1.83. The lowest BCUT2D eigenvalue weighted by molar-refractivity contribution is -0.158. The second kappa shape index (κ2) is 11.2. The number of ketones is 1. The van der Waals surface area contributed by atoms with E-state index >= 15 is 0 Å². The third-order valence-corrected chi connectivity index (χ3v) is 9.01. The number of amides is 2. The van der Waals surface area contributed by atoms with Gasteiger partial charge in [0.25, 0.3) is 17.4 Å². The number of nitrogens with zero attached hydrogens (tertiary/aromatic N) is 4. The van der Waals surface area contributed by atoms with Gasteiger partial charge in [0.05, 0.1) is 29.4 Å². The molecule has 0 unspecified atom stereocenters. The molecule has 11 nitrogen and oxygen atoms in total. The normalized spacial score (nSPS) is 21.9. The Hall–Kier alpha value is -3.50. The van der Waals surface area contributed by atoms with Crippen LogP contribution in [0, 0.1) is 0 Å². The number of hydrogen-bond donors (Lipinski definition) is 3. The van der Waals surface area contributed by atoms with Crippen LogP contribution < -0.4 is 16.0 Å². The summed E-state index contributed by atoms with van der Waals surface area (Å²) >= 11 is 0. The average molecular weight is 550 g/mol. The first kappa shape index (κ1) is 26.7. The summed E-state index contributed by atoms with van der Waals surface area (Å²) in [7, 11) is 0. The Morgan fingerprint density at radius 2 is 1.57 bits per heavy atom. The van der Waals surface area contributed by atoms with Crippen molar-refractivity contribution in [2.75, 3.05) is 5.32 Å². The molecule has 0 radical (unpaired) electrons. The first-order chi connectivity index (χ1) is 19.5. The average Bonchev–Trinajstić information content (AvgIpc) is 3.77. The second-order valence-electron chi connectivity index (χ2n) is 11.7. The number of oxime groups is 1. The number of rotatable bonds is 8. The van der Waals surface area contributed by atoms with Crippen molar-refractivity contribution >= 4 is 40.0 Å². The van der Waals surface area contributed by atoms with Crippen molar-refractivity contribution in [3.63, 3.8) is 0 Å². The van der Waals surface area contributed by atoms with Crippen molar-refractivity contribution in [2.45, 2.75) is 121 Å². The van der Waals surface area contributed by atoms with Crippen molar-refractivity contribution in [2.24, 2.45) is 5.16 Å². The third-order valence-electron chi connectivity index (χ3n) is 9.01. The van der Waals surface area contributed by atoms with Crippen LogP contribution in [0.3, 0.4) is 0 Å². The van der Waals surface area contributed by atoms with Crippen LogP contribution in [0.2, 0.25) is 0 Å². The van der Waals surface area contributed by atoms with Crippen LogP contribution in [0.4, 0.5) is 5.69 Å². The van der Waals surface area contributed by atoms with E-state index in [9.17, 15) is 14.4 Å². The van der Waals surface area contributed by atoms with Gasteiger partial charge in [-0.25, -0.2) is 9.67 Å². The van der Waals surface area contributed by atoms with Crippen LogP contribution in [0.25, 0.3) is 11.0 Å². The first-order valence-electron chi connectivity index (χ1n) is 15.0. The molecule has 3 N–H and O–H groups in total. The molecule has 0 spiro atoms. The minimum atomic E-state index is -1.77. The fourth-order valence-electron chi connectivity index (χ4n) is 6.59. The lowest BCUT2D eigenvalue weighted by Gasteiger charge is -2.28. The molecule has 0 saturated heterocycles. The molecule has 40 heavy (non-hydrogen) atoms. The number of pyridine rings is 1. The summed E-state index contributed by atoms with van der Waals surface area (Å²) in [5, 5.41) is 19.6.